The summed E-state index contributed by atoms with van der Waals surface area (Å²) in [6.07, 6.45) is 3.46. The predicted molar refractivity (Wildman–Crippen MR) is 91.4 cm³/mol. The van der Waals surface area contributed by atoms with Crippen LogP contribution < -0.4 is 0 Å². The van der Waals surface area contributed by atoms with Crippen LogP contribution in [0.4, 0.5) is 0 Å². The first-order valence-corrected chi connectivity index (χ1v) is 8.87. The van der Waals surface area contributed by atoms with Crippen LogP contribution in [0, 0.1) is 17.8 Å². The Hall–Kier alpha value is -0.650. The maximum Gasteiger partial charge on any atom is 0.320 e. The predicted octanol–water partition coefficient (Wildman–Crippen LogP) is 2.59. The van der Waals surface area contributed by atoms with Gasteiger partial charge in [0.2, 0.25) is 0 Å². The summed E-state index contributed by atoms with van der Waals surface area (Å²) in [7, 11) is 3.34. The topological polar surface area (TPSA) is 48.0 Å². The fraction of sp³-hybridized carbons (Fsp3) is 0.944. The van der Waals surface area contributed by atoms with Crippen LogP contribution in [0.3, 0.4) is 0 Å². The molecule has 0 spiro atoms. The molecule has 1 rings (SSSR count). The summed E-state index contributed by atoms with van der Waals surface area (Å²) in [5, 5.41) is 0. The Morgan fingerprint density at radius 2 is 1.74 bits per heavy atom. The molecule has 1 saturated carbocycles. The summed E-state index contributed by atoms with van der Waals surface area (Å²) >= 11 is 0. The van der Waals surface area contributed by atoms with E-state index in [1.165, 1.54) is 6.42 Å². The van der Waals surface area contributed by atoms with Crippen LogP contribution in [0.25, 0.3) is 0 Å². The summed E-state index contributed by atoms with van der Waals surface area (Å²) in [5.41, 5.74) is 0. The van der Waals surface area contributed by atoms with E-state index in [1.54, 1.807) is 14.2 Å². The number of hydrogen-bond donors (Lipinski definition) is 0. The van der Waals surface area contributed by atoms with Crippen LogP contribution in [0.15, 0.2) is 0 Å². The van der Waals surface area contributed by atoms with Crippen LogP contribution in [-0.4, -0.2) is 64.0 Å². The molecule has 1 aliphatic carbocycles. The van der Waals surface area contributed by atoms with Crippen molar-refractivity contribution in [2.75, 3.05) is 47.1 Å². The van der Waals surface area contributed by atoms with E-state index in [4.69, 9.17) is 14.2 Å². The van der Waals surface area contributed by atoms with Gasteiger partial charge in [-0.3, -0.25) is 9.69 Å². The van der Waals surface area contributed by atoms with Crippen LogP contribution in [-0.2, 0) is 19.0 Å². The Labute approximate surface area is 141 Å². The third-order valence-electron chi connectivity index (χ3n) is 4.82. The minimum atomic E-state index is -0.123. The van der Waals surface area contributed by atoms with Crippen molar-refractivity contribution >= 4 is 5.97 Å². The number of rotatable bonds is 10. The van der Waals surface area contributed by atoms with Gasteiger partial charge in [-0.05, 0) is 30.6 Å². The first-order chi connectivity index (χ1) is 11.0. The van der Waals surface area contributed by atoms with Crippen LogP contribution in [0.5, 0.6) is 0 Å². The highest BCUT2D eigenvalue weighted by molar-refractivity contribution is 5.71. The average Bonchev–Trinajstić information content (AvgIpc) is 2.49. The van der Waals surface area contributed by atoms with Crippen molar-refractivity contribution in [1.82, 2.24) is 4.90 Å². The van der Waals surface area contributed by atoms with Crippen LogP contribution in [0.2, 0.25) is 0 Å². The molecule has 0 bridgehead atoms. The van der Waals surface area contributed by atoms with Gasteiger partial charge in [0, 0.05) is 27.3 Å². The first-order valence-electron chi connectivity index (χ1n) is 8.87. The molecule has 0 unspecified atom stereocenters. The molecule has 0 N–H and O–H groups in total. The lowest BCUT2D eigenvalue weighted by Crippen LogP contribution is -2.40. The molecule has 0 aromatic rings. The molecular formula is C18H35NO4. The standard InChI is InChI=1S/C18H35NO4/c1-14(2)16-7-6-15(3)12-17(16)23-18(20)13-19(8-10-21-4)9-11-22-5/h14-17H,6-13H2,1-5H3/t15-,16+,17-/m1/s1. The quantitative estimate of drug-likeness (QED) is 0.577. The van der Waals surface area contributed by atoms with Crippen molar-refractivity contribution in [2.45, 2.75) is 46.1 Å². The van der Waals surface area contributed by atoms with E-state index in [0.717, 1.165) is 12.8 Å². The Balaban J connectivity index is 2.52. The lowest BCUT2D eigenvalue weighted by Gasteiger charge is -2.37. The molecule has 136 valence electrons. The van der Waals surface area contributed by atoms with Gasteiger partial charge >= 0.3 is 5.97 Å². The van der Waals surface area contributed by atoms with Gasteiger partial charge in [0.05, 0.1) is 19.8 Å². The number of nitrogens with zero attached hydrogens (tertiary/aromatic N) is 1. The highest BCUT2D eigenvalue weighted by atomic mass is 16.5. The van der Waals surface area contributed by atoms with Gasteiger partial charge in [0.25, 0.3) is 0 Å². The molecule has 0 heterocycles. The van der Waals surface area contributed by atoms with Gasteiger partial charge in [-0.25, -0.2) is 0 Å². The zero-order valence-electron chi connectivity index (χ0n) is 15.5. The minimum absolute atomic E-state index is 0.0675. The van der Waals surface area contributed by atoms with E-state index in [2.05, 4.69) is 20.8 Å². The first kappa shape index (κ1) is 20.4. The molecule has 3 atom stereocenters. The molecule has 23 heavy (non-hydrogen) atoms. The second-order valence-corrected chi connectivity index (χ2v) is 7.12. The van der Waals surface area contributed by atoms with Crippen molar-refractivity contribution in [3.05, 3.63) is 0 Å². The molecule has 5 nitrogen and oxygen atoms in total. The highest BCUT2D eigenvalue weighted by Gasteiger charge is 2.33. The molecule has 0 amide bonds. The van der Waals surface area contributed by atoms with E-state index >= 15 is 0 Å². The Morgan fingerprint density at radius 1 is 1.13 bits per heavy atom. The van der Waals surface area contributed by atoms with Gasteiger partial charge in [-0.2, -0.15) is 0 Å². The second-order valence-electron chi connectivity index (χ2n) is 7.12. The number of carbonyl (C=O) groups is 1. The molecule has 1 aliphatic rings. The number of hydrogen-bond acceptors (Lipinski definition) is 5. The summed E-state index contributed by atoms with van der Waals surface area (Å²) in [6, 6.07) is 0. The summed E-state index contributed by atoms with van der Waals surface area (Å²) in [5.74, 6) is 1.56. The van der Waals surface area contributed by atoms with Crippen molar-refractivity contribution in [3.8, 4) is 0 Å². The number of methoxy groups -OCH3 is 2. The van der Waals surface area contributed by atoms with Crippen molar-refractivity contribution in [1.29, 1.82) is 0 Å². The van der Waals surface area contributed by atoms with E-state index in [9.17, 15) is 4.79 Å². The van der Waals surface area contributed by atoms with E-state index in [0.29, 0.717) is 50.6 Å². The smallest absolute Gasteiger partial charge is 0.320 e. The van der Waals surface area contributed by atoms with E-state index in [1.807, 2.05) is 4.90 Å². The maximum absolute atomic E-state index is 12.4. The Bertz CT molecular complexity index is 327. The van der Waals surface area contributed by atoms with Crippen molar-refractivity contribution in [3.63, 3.8) is 0 Å². The van der Waals surface area contributed by atoms with Gasteiger partial charge in [-0.15, -0.1) is 0 Å². The normalized spacial score (nSPS) is 25.1. The zero-order valence-corrected chi connectivity index (χ0v) is 15.5. The van der Waals surface area contributed by atoms with Gasteiger partial charge in [-0.1, -0.05) is 27.2 Å². The molecule has 0 aromatic carbocycles. The summed E-state index contributed by atoms with van der Waals surface area (Å²) in [6.45, 7) is 9.64. The zero-order chi connectivity index (χ0) is 17.2. The molecular weight excluding hydrogens is 294 g/mol. The van der Waals surface area contributed by atoms with Crippen molar-refractivity contribution in [2.24, 2.45) is 17.8 Å². The van der Waals surface area contributed by atoms with Crippen LogP contribution >= 0.6 is 0 Å². The van der Waals surface area contributed by atoms with E-state index < -0.39 is 0 Å². The number of ether oxygens (including phenoxy) is 3. The highest BCUT2D eigenvalue weighted by Crippen LogP contribution is 2.35. The Morgan fingerprint density at radius 3 is 2.26 bits per heavy atom. The molecule has 0 radical (unpaired) electrons. The maximum atomic E-state index is 12.4. The molecule has 1 fully saturated rings. The molecule has 5 heteroatoms. The van der Waals surface area contributed by atoms with Gasteiger partial charge in [0.15, 0.2) is 0 Å². The molecule has 0 saturated heterocycles. The van der Waals surface area contributed by atoms with Crippen molar-refractivity contribution < 1.29 is 19.0 Å². The fourth-order valence-corrected chi connectivity index (χ4v) is 3.35. The molecule has 0 aromatic heterocycles. The summed E-state index contributed by atoms with van der Waals surface area (Å²) < 4.78 is 16.1. The lowest BCUT2D eigenvalue weighted by molar-refractivity contribution is -0.157. The lowest BCUT2D eigenvalue weighted by atomic mass is 9.75. The monoisotopic (exact) mass is 329 g/mol. The SMILES string of the molecule is COCCN(CCOC)CC(=O)O[C@@H]1C[C@H](C)CC[C@H]1C(C)C. The number of carbonyl (C=O) groups excluding carboxylic acids is 1. The third-order valence-corrected chi connectivity index (χ3v) is 4.82. The summed E-state index contributed by atoms with van der Waals surface area (Å²) in [4.78, 5) is 14.4. The average molecular weight is 329 g/mol. The largest absolute Gasteiger partial charge is 0.461 e. The number of esters is 1. The van der Waals surface area contributed by atoms with E-state index in [-0.39, 0.29) is 12.1 Å². The minimum Gasteiger partial charge on any atom is -0.461 e. The van der Waals surface area contributed by atoms with Gasteiger partial charge in [0.1, 0.15) is 6.10 Å². The third kappa shape index (κ3) is 7.64. The molecule has 0 aliphatic heterocycles. The van der Waals surface area contributed by atoms with Crippen LogP contribution in [0.1, 0.15) is 40.0 Å². The Kier molecular flexibility index (Phi) is 9.75. The van der Waals surface area contributed by atoms with Gasteiger partial charge < -0.3 is 14.2 Å². The fourth-order valence-electron chi connectivity index (χ4n) is 3.35. The second kappa shape index (κ2) is 11.0.